The molecular formula is C17H20Cl2N4OS. The maximum Gasteiger partial charge on any atom is 0.233 e. The van der Waals surface area contributed by atoms with E-state index in [9.17, 15) is 4.79 Å². The molecule has 0 radical (unpaired) electrons. The van der Waals surface area contributed by atoms with E-state index in [1.54, 1.807) is 12.1 Å². The van der Waals surface area contributed by atoms with Crippen molar-refractivity contribution in [3.8, 4) is 0 Å². The van der Waals surface area contributed by atoms with Crippen LogP contribution in [0.25, 0.3) is 0 Å². The molecule has 1 aromatic heterocycles. The first-order chi connectivity index (χ1) is 11.9. The molecule has 3 rings (SSSR count). The molecule has 25 heavy (non-hydrogen) atoms. The molecule has 1 aromatic carbocycles. The first-order valence-electron chi connectivity index (χ1n) is 8.20. The Kier molecular flexibility index (Phi) is 5.61. The molecule has 0 spiro atoms. The van der Waals surface area contributed by atoms with E-state index in [1.165, 1.54) is 11.8 Å². The Labute approximate surface area is 161 Å². The standard InChI is InChI=1S/C17H20Cl2N4OS/c1-9(14-7-4-12(18)8-15(14)19)20-16(24)10(2)25-17-22-21-11(3)23(17)13-5-6-13/h4,7-10,13H,5-6H2,1-3H3,(H,20,24)/t9-,10-/m0/s1. The van der Waals surface area contributed by atoms with Crippen LogP contribution in [-0.2, 0) is 4.79 Å². The molecule has 0 bridgehead atoms. The van der Waals surface area contributed by atoms with E-state index < -0.39 is 0 Å². The maximum atomic E-state index is 12.6. The number of nitrogens with zero attached hydrogens (tertiary/aromatic N) is 3. The van der Waals surface area contributed by atoms with Crippen molar-refractivity contribution < 1.29 is 4.79 Å². The predicted octanol–water partition coefficient (Wildman–Crippen LogP) is 4.59. The van der Waals surface area contributed by atoms with Crippen LogP contribution in [0.2, 0.25) is 10.0 Å². The number of nitrogens with one attached hydrogen (secondary N) is 1. The number of hydrogen-bond acceptors (Lipinski definition) is 4. The van der Waals surface area contributed by atoms with Gasteiger partial charge >= 0.3 is 0 Å². The number of carbonyl (C=O) groups excluding carboxylic acids is 1. The predicted molar refractivity (Wildman–Crippen MR) is 101 cm³/mol. The van der Waals surface area contributed by atoms with Gasteiger partial charge in [-0.15, -0.1) is 10.2 Å². The highest BCUT2D eigenvalue weighted by molar-refractivity contribution is 8.00. The summed E-state index contributed by atoms with van der Waals surface area (Å²) in [5, 5.41) is 13.0. The van der Waals surface area contributed by atoms with Gasteiger partial charge in [0.25, 0.3) is 0 Å². The fraction of sp³-hybridized carbons (Fsp3) is 0.471. The Hall–Kier alpha value is -1.24. The fourth-order valence-corrected chi connectivity index (χ4v) is 4.20. The Morgan fingerprint density at radius 3 is 2.68 bits per heavy atom. The molecule has 1 aliphatic rings. The largest absolute Gasteiger partial charge is 0.349 e. The van der Waals surface area contributed by atoms with Gasteiger partial charge in [0, 0.05) is 16.1 Å². The molecule has 2 atom stereocenters. The highest BCUT2D eigenvalue weighted by Crippen LogP contribution is 2.39. The van der Waals surface area contributed by atoms with Gasteiger partial charge in [-0.3, -0.25) is 4.79 Å². The highest BCUT2D eigenvalue weighted by Gasteiger charge is 2.30. The molecule has 1 amide bonds. The van der Waals surface area contributed by atoms with Crippen molar-refractivity contribution in [2.45, 2.75) is 56.1 Å². The third-order valence-corrected chi connectivity index (χ3v) is 5.81. The van der Waals surface area contributed by atoms with Crippen LogP contribution >= 0.6 is 35.0 Å². The lowest BCUT2D eigenvalue weighted by Gasteiger charge is -2.19. The monoisotopic (exact) mass is 398 g/mol. The number of amides is 1. The van der Waals surface area contributed by atoms with Gasteiger partial charge in [0.15, 0.2) is 5.16 Å². The van der Waals surface area contributed by atoms with Crippen LogP contribution in [0.4, 0.5) is 0 Å². The number of thioether (sulfide) groups is 1. The summed E-state index contributed by atoms with van der Waals surface area (Å²) in [6.45, 7) is 5.73. The summed E-state index contributed by atoms with van der Waals surface area (Å²) < 4.78 is 2.13. The number of aromatic nitrogens is 3. The summed E-state index contributed by atoms with van der Waals surface area (Å²) in [6, 6.07) is 5.56. The number of benzene rings is 1. The molecule has 134 valence electrons. The van der Waals surface area contributed by atoms with Crippen LogP contribution in [-0.4, -0.2) is 25.9 Å². The highest BCUT2D eigenvalue weighted by atomic mass is 35.5. The number of carbonyl (C=O) groups is 1. The van der Waals surface area contributed by atoms with Gasteiger partial charge < -0.3 is 9.88 Å². The van der Waals surface area contributed by atoms with Crippen molar-refractivity contribution in [3.63, 3.8) is 0 Å². The average molecular weight is 399 g/mol. The Morgan fingerprint density at radius 1 is 1.32 bits per heavy atom. The van der Waals surface area contributed by atoms with Crippen LogP contribution in [0.5, 0.6) is 0 Å². The SMILES string of the molecule is Cc1nnc(S[C@@H](C)C(=O)N[C@@H](C)c2ccc(Cl)cc2Cl)n1C1CC1. The van der Waals surface area contributed by atoms with Crippen molar-refractivity contribution in [1.82, 2.24) is 20.1 Å². The van der Waals surface area contributed by atoms with Crippen LogP contribution < -0.4 is 5.32 Å². The summed E-state index contributed by atoms with van der Waals surface area (Å²) in [5.41, 5.74) is 0.841. The average Bonchev–Trinajstić information content (AvgIpc) is 3.31. The maximum absolute atomic E-state index is 12.6. The van der Waals surface area contributed by atoms with E-state index in [1.807, 2.05) is 26.8 Å². The smallest absolute Gasteiger partial charge is 0.233 e. The Balaban J connectivity index is 1.64. The molecule has 1 fully saturated rings. The number of halogens is 2. The Bertz CT molecular complexity index is 791. The third kappa shape index (κ3) is 4.30. The van der Waals surface area contributed by atoms with Gasteiger partial charge in [-0.25, -0.2) is 0 Å². The minimum Gasteiger partial charge on any atom is -0.349 e. The molecule has 8 heteroatoms. The molecule has 0 saturated heterocycles. The molecule has 2 aromatic rings. The van der Waals surface area contributed by atoms with Gasteiger partial charge in [0.2, 0.25) is 5.91 Å². The molecule has 0 aliphatic heterocycles. The van der Waals surface area contributed by atoms with Gasteiger partial charge in [0.1, 0.15) is 5.82 Å². The number of hydrogen-bond donors (Lipinski definition) is 1. The minimum absolute atomic E-state index is 0.0634. The van der Waals surface area contributed by atoms with E-state index in [0.29, 0.717) is 16.1 Å². The summed E-state index contributed by atoms with van der Waals surface area (Å²) in [4.78, 5) is 12.6. The van der Waals surface area contributed by atoms with E-state index >= 15 is 0 Å². The van der Waals surface area contributed by atoms with Gasteiger partial charge in [0.05, 0.1) is 11.3 Å². The van der Waals surface area contributed by atoms with Crippen LogP contribution in [0.1, 0.15) is 50.2 Å². The van der Waals surface area contributed by atoms with Crippen LogP contribution in [0.3, 0.4) is 0 Å². The van der Waals surface area contributed by atoms with Crippen molar-refractivity contribution >= 4 is 40.9 Å². The number of aryl methyl sites for hydroxylation is 1. The first kappa shape index (κ1) is 18.5. The second-order valence-electron chi connectivity index (χ2n) is 6.29. The summed E-state index contributed by atoms with van der Waals surface area (Å²) in [6.07, 6.45) is 2.30. The molecule has 1 N–H and O–H groups in total. The zero-order chi connectivity index (χ0) is 18.1. The summed E-state index contributed by atoms with van der Waals surface area (Å²) in [7, 11) is 0. The second kappa shape index (κ2) is 7.56. The van der Waals surface area contributed by atoms with Crippen molar-refractivity contribution in [2.75, 3.05) is 0 Å². The van der Waals surface area contributed by atoms with Gasteiger partial charge in [-0.05, 0) is 51.3 Å². The normalized spacial score (nSPS) is 16.5. The van der Waals surface area contributed by atoms with E-state index in [2.05, 4.69) is 20.1 Å². The number of rotatable bonds is 6. The lowest BCUT2D eigenvalue weighted by atomic mass is 10.1. The van der Waals surface area contributed by atoms with E-state index in [0.717, 1.165) is 29.4 Å². The zero-order valence-corrected chi connectivity index (χ0v) is 16.6. The van der Waals surface area contributed by atoms with Gasteiger partial charge in [-0.2, -0.15) is 0 Å². The van der Waals surface area contributed by atoms with Crippen molar-refractivity contribution in [3.05, 3.63) is 39.6 Å². The zero-order valence-electron chi connectivity index (χ0n) is 14.3. The second-order valence-corrected chi connectivity index (χ2v) is 8.44. The lowest BCUT2D eigenvalue weighted by Crippen LogP contribution is -2.33. The van der Waals surface area contributed by atoms with Gasteiger partial charge in [-0.1, -0.05) is 41.0 Å². The molecule has 0 unspecified atom stereocenters. The Morgan fingerprint density at radius 2 is 2.04 bits per heavy atom. The van der Waals surface area contributed by atoms with Crippen molar-refractivity contribution in [2.24, 2.45) is 0 Å². The first-order valence-corrected chi connectivity index (χ1v) is 9.84. The molecule has 1 heterocycles. The topological polar surface area (TPSA) is 59.8 Å². The molecule has 1 aliphatic carbocycles. The minimum atomic E-state index is -0.283. The van der Waals surface area contributed by atoms with E-state index in [4.69, 9.17) is 23.2 Å². The van der Waals surface area contributed by atoms with Crippen LogP contribution in [0.15, 0.2) is 23.4 Å². The van der Waals surface area contributed by atoms with Crippen LogP contribution in [0, 0.1) is 6.92 Å². The fourth-order valence-electron chi connectivity index (χ4n) is 2.66. The molecule has 5 nitrogen and oxygen atoms in total. The molecular weight excluding hydrogens is 379 g/mol. The third-order valence-electron chi connectivity index (χ3n) is 4.19. The lowest BCUT2D eigenvalue weighted by molar-refractivity contribution is -0.120. The molecule has 1 saturated carbocycles. The quantitative estimate of drug-likeness (QED) is 0.722. The van der Waals surface area contributed by atoms with E-state index in [-0.39, 0.29) is 17.2 Å². The summed E-state index contributed by atoms with van der Waals surface area (Å²) in [5.74, 6) is 0.838. The van der Waals surface area contributed by atoms with Crippen molar-refractivity contribution in [1.29, 1.82) is 0 Å². The summed E-state index contributed by atoms with van der Waals surface area (Å²) >= 11 is 13.6.